The minimum absolute atomic E-state index is 0.172. The molecule has 0 amide bonds. The number of nitrogens with zero attached hydrogens (tertiary/aromatic N) is 2. The predicted molar refractivity (Wildman–Crippen MR) is 171 cm³/mol. The quantitative estimate of drug-likeness (QED) is 0.226. The Hall–Kier alpha value is -2.71. The van der Waals surface area contributed by atoms with Crippen LogP contribution in [0.25, 0.3) is 0 Å². The molecule has 2 aromatic carbocycles. The van der Waals surface area contributed by atoms with Crippen molar-refractivity contribution in [2.24, 2.45) is 10.9 Å². The number of aliphatic imine (C=N–C) groups is 1. The monoisotopic (exact) mass is 600 g/mol. The number of aromatic hydroxyl groups is 1. The van der Waals surface area contributed by atoms with E-state index in [0.717, 1.165) is 40.7 Å². The van der Waals surface area contributed by atoms with Crippen LogP contribution in [0.4, 0.5) is 0 Å². The number of allylic oxidation sites excluding steroid dienone is 3. The number of sulfonamides is 1. The molecule has 0 spiro atoms. The Labute approximate surface area is 248 Å². The zero-order valence-corrected chi connectivity index (χ0v) is 27.0. The van der Waals surface area contributed by atoms with Crippen molar-refractivity contribution in [2.75, 3.05) is 33.8 Å². The Balaban J connectivity index is 1.71. The number of phenols is 1. The van der Waals surface area contributed by atoms with Gasteiger partial charge in [0.05, 0.1) is 16.5 Å². The van der Waals surface area contributed by atoms with E-state index >= 15 is 0 Å². The van der Waals surface area contributed by atoms with Gasteiger partial charge in [0.25, 0.3) is 0 Å². The van der Waals surface area contributed by atoms with Gasteiger partial charge in [0.1, 0.15) is 5.75 Å². The van der Waals surface area contributed by atoms with Gasteiger partial charge >= 0.3 is 0 Å². The zero-order valence-electron chi connectivity index (χ0n) is 25.0. The molecule has 1 aliphatic rings. The van der Waals surface area contributed by atoms with Crippen molar-refractivity contribution in [1.29, 1.82) is 0 Å². The van der Waals surface area contributed by atoms with Crippen LogP contribution in [-0.4, -0.2) is 57.8 Å². The maximum atomic E-state index is 13.5. The highest BCUT2D eigenvalue weighted by molar-refractivity contribution is 7.89. The molecule has 8 nitrogen and oxygen atoms in total. The number of ether oxygens (including phenoxy) is 1. The first-order chi connectivity index (χ1) is 19.4. The van der Waals surface area contributed by atoms with Crippen molar-refractivity contribution >= 4 is 25.5 Å². The summed E-state index contributed by atoms with van der Waals surface area (Å²) in [5, 5.41) is 18.5. The summed E-state index contributed by atoms with van der Waals surface area (Å²) >= 11 is 0. The van der Waals surface area contributed by atoms with Gasteiger partial charge in [-0.1, -0.05) is 30.3 Å². The highest BCUT2D eigenvalue weighted by atomic mass is 32.2. The van der Waals surface area contributed by atoms with E-state index in [9.17, 15) is 13.5 Å². The number of benzene rings is 2. The smallest absolute Gasteiger partial charge is 0.243 e. The maximum Gasteiger partial charge on any atom is 0.243 e. The standard InChI is InChI=1S/C31H45N4O4PS/c1-22(18-28(27-11-7-8-12-29(27)36)34-23(2)30(40)20-32-5)33-19-24-10-9-17-35(21-24)41(37,38)26-15-13-25(14-16-26)31(3,4)39-6/h7-8,11-16,18,20,24,28,33-34,36H,9-10,17,19,21,40H2,1-6H3/b22-18+,30-23-,32-20?. The lowest BCUT2D eigenvalue weighted by atomic mass is 9.98. The number of rotatable bonds is 12. The summed E-state index contributed by atoms with van der Waals surface area (Å²) in [5.41, 5.74) is 3.06. The molecule has 1 aliphatic heterocycles. The maximum absolute atomic E-state index is 13.5. The molecule has 0 saturated carbocycles. The van der Waals surface area contributed by atoms with E-state index in [2.05, 4.69) is 24.9 Å². The third-order valence-corrected chi connectivity index (χ3v) is 10.1. The molecule has 3 rings (SSSR count). The van der Waals surface area contributed by atoms with Gasteiger partial charge in [-0.3, -0.25) is 4.99 Å². The summed E-state index contributed by atoms with van der Waals surface area (Å²) in [6, 6.07) is 14.0. The Morgan fingerprint density at radius 2 is 1.90 bits per heavy atom. The van der Waals surface area contributed by atoms with Crippen LogP contribution < -0.4 is 10.6 Å². The van der Waals surface area contributed by atoms with Gasteiger partial charge in [-0.15, -0.1) is 9.24 Å². The lowest BCUT2D eigenvalue weighted by Crippen LogP contribution is -2.42. The van der Waals surface area contributed by atoms with Crippen LogP contribution in [0.15, 0.2) is 81.2 Å². The number of methoxy groups -OCH3 is 1. The Kier molecular flexibility index (Phi) is 11.6. The summed E-state index contributed by atoms with van der Waals surface area (Å²) < 4.78 is 34.0. The molecule has 0 radical (unpaired) electrons. The summed E-state index contributed by atoms with van der Waals surface area (Å²) in [4.78, 5) is 4.39. The molecule has 0 aliphatic carbocycles. The molecule has 1 fully saturated rings. The van der Waals surface area contributed by atoms with Crippen molar-refractivity contribution < 1.29 is 18.3 Å². The fourth-order valence-corrected chi connectivity index (χ4v) is 6.62. The molecule has 0 aromatic heterocycles. The highest BCUT2D eigenvalue weighted by Gasteiger charge is 2.31. The first-order valence-corrected chi connectivity index (χ1v) is 15.9. The molecule has 3 N–H and O–H groups in total. The van der Waals surface area contributed by atoms with E-state index in [1.807, 2.05) is 58.0 Å². The number of nitrogens with one attached hydrogen (secondary N) is 2. The second-order valence-electron chi connectivity index (χ2n) is 11.0. The molecule has 10 heteroatoms. The van der Waals surface area contributed by atoms with E-state index in [1.54, 1.807) is 48.9 Å². The average Bonchev–Trinajstić information content (AvgIpc) is 2.96. The van der Waals surface area contributed by atoms with Crippen molar-refractivity contribution in [3.8, 4) is 5.75 Å². The summed E-state index contributed by atoms with van der Waals surface area (Å²) in [6.45, 7) is 9.49. The van der Waals surface area contributed by atoms with Gasteiger partial charge in [0.2, 0.25) is 10.0 Å². The summed E-state index contributed by atoms with van der Waals surface area (Å²) in [7, 11) is 2.45. The molecule has 41 heavy (non-hydrogen) atoms. The van der Waals surface area contributed by atoms with Crippen LogP contribution in [0, 0.1) is 5.92 Å². The van der Waals surface area contributed by atoms with Gasteiger partial charge in [0, 0.05) is 62.3 Å². The molecule has 3 atom stereocenters. The van der Waals surface area contributed by atoms with Crippen LogP contribution in [0.5, 0.6) is 5.75 Å². The predicted octanol–water partition coefficient (Wildman–Crippen LogP) is 5.31. The highest BCUT2D eigenvalue weighted by Crippen LogP contribution is 2.29. The van der Waals surface area contributed by atoms with Crippen LogP contribution in [0.3, 0.4) is 0 Å². The molecular formula is C31H45N4O4PS. The molecule has 1 saturated heterocycles. The molecular weight excluding hydrogens is 555 g/mol. The molecule has 3 unspecified atom stereocenters. The number of piperidine rings is 1. The van der Waals surface area contributed by atoms with Gasteiger partial charge in [-0.2, -0.15) is 4.31 Å². The van der Waals surface area contributed by atoms with Crippen LogP contribution in [0.2, 0.25) is 0 Å². The topological polar surface area (TPSA) is 103 Å². The Morgan fingerprint density at radius 1 is 1.22 bits per heavy atom. The Morgan fingerprint density at radius 3 is 2.54 bits per heavy atom. The first-order valence-electron chi connectivity index (χ1n) is 13.9. The first kappa shape index (κ1) is 32.8. The van der Waals surface area contributed by atoms with Crippen molar-refractivity contribution in [2.45, 2.75) is 57.1 Å². The third-order valence-electron chi connectivity index (χ3n) is 7.61. The normalized spacial score (nSPS) is 18.7. The van der Waals surface area contributed by atoms with E-state index in [-0.39, 0.29) is 17.7 Å². The van der Waals surface area contributed by atoms with E-state index in [1.165, 1.54) is 0 Å². The fraction of sp³-hybridized carbons (Fsp3) is 0.452. The van der Waals surface area contributed by atoms with Crippen LogP contribution in [-0.2, 0) is 20.4 Å². The SMILES string of the molecule is CN=C/C(P)=C(\C)NC(/C=C(\C)NCC1CCCN(S(=O)(=O)c2ccc(C(C)(C)OC)cc2)C1)c1ccccc1O. The second kappa shape index (κ2) is 14.5. The van der Waals surface area contributed by atoms with Gasteiger partial charge in [-0.05, 0) is 76.3 Å². The van der Waals surface area contributed by atoms with Gasteiger partial charge < -0.3 is 20.5 Å². The third kappa shape index (κ3) is 8.65. The van der Waals surface area contributed by atoms with E-state index < -0.39 is 15.6 Å². The van der Waals surface area contributed by atoms with Crippen LogP contribution in [0.1, 0.15) is 57.7 Å². The molecule has 2 aromatic rings. The number of phenolic OH excluding ortho intramolecular Hbond substituents is 1. The van der Waals surface area contributed by atoms with Crippen molar-refractivity contribution in [3.63, 3.8) is 0 Å². The molecule has 0 bridgehead atoms. The van der Waals surface area contributed by atoms with Crippen LogP contribution >= 0.6 is 9.24 Å². The Bertz CT molecular complexity index is 1370. The number of para-hydroxylation sites is 1. The molecule has 1 heterocycles. The fourth-order valence-electron chi connectivity index (χ4n) is 4.83. The van der Waals surface area contributed by atoms with Gasteiger partial charge in [-0.25, -0.2) is 8.42 Å². The summed E-state index contributed by atoms with van der Waals surface area (Å²) in [5.74, 6) is 0.384. The summed E-state index contributed by atoms with van der Waals surface area (Å²) in [6.07, 6.45) is 5.56. The number of hydrogen-bond donors (Lipinski definition) is 3. The largest absolute Gasteiger partial charge is 0.508 e. The van der Waals surface area contributed by atoms with Crippen molar-refractivity contribution in [1.82, 2.24) is 14.9 Å². The minimum Gasteiger partial charge on any atom is -0.508 e. The van der Waals surface area contributed by atoms with Crippen molar-refractivity contribution in [3.05, 3.63) is 82.4 Å². The lowest BCUT2D eigenvalue weighted by molar-refractivity contribution is 0.0192. The van der Waals surface area contributed by atoms with E-state index in [4.69, 9.17) is 4.74 Å². The zero-order chi connectivity index (χ0) is 30.2. The van der Waals surface area contributed by atoms with Gasteiger partial charge in [0.15, 0.2) is 0 Å². The minimum atomic E-state index is -3.59. The lowest BCUT2D eigenvalue weighted by Gasteiger charge is -2.32. The number of hydrogen-bond acceptors (Lipinski definition) is 7. The molecule has 224 valence electrons. The second-order valence-corrected chi connectivity index (χ2v) is 13.5. The average molecular weight is 601 g/mol. The van der Waals surface area contributed by atoms with E-state index in [0.29, 0.717) is 24.5 Å².